The highest BCUT2D eigenvalue weighted by atomic mass is 79.9. The van der Waals surface area contributed by atoms with Gasteiger partial charge in [0.1, 0.15) is 0 Å². The zero-order valence-corrected chi connectivity index (χ0v) is 13.7. The van der Waals surface area contributed by atoms with Crippen LogP contribution in [0.4, 0.5) is 10.5 Å². The number of likely N-dealkylation sites (tertiary alicyclic amines) is 1. The fraction of sp³-hybridized carbons (Fsp3) is 0.357. The van der Waals surface area contributed by atoms with Crippen LogP contribution in [0.15, 0.2) is 33.6 Å². The van der Waals surface area contributed by atoms with Crippen molar-refractivity contribution in [3.05, 3.63) is 35.0 Å². The first-order chi connectivity index (χ1) is 11.1. The van der Waals surface area contributed by atoms with Gasteiger partial charge in [-0.3, -0.25) is 14.4 Å². The van der Waals surface area contributed by atoms with Crippen LogP contribution in [-0.4, -0.2) is 52.8 Å². The quantitative estimate of drug-likeness (QED) is 0.874. The van der Waals surface area contributed by atoms with Gasteiger partial charge in [-0.25, -0.2) is 4.79 Å². The third kappa shape index (κ3) is 2.50. The largest absolute Gasteiger partial charge is 0.444 e. The van der Waals surface area contributed by atoms with Gasteiger partial charge in [-0.1, -0.05) is 0 Å². The fourth-order valence-electron chi connectivity index (χ4n) is 2.76. The molecule has 4 heterocycles. The predicted molar refractivity (Wildman–Crippen MR) is 84.3 cm³/mol. The van der Waals surface area contributed by atoms with Crippen LogP contribution >= 0.6 is 15.9 Å². The Morgan fingerprint density at radius 2 is 2.22 bits per heavy atom. The summed E-state index contributed by atoms with van der Waals surface area (Å²) in [4.78, 5) is 27.2. The van der Waals surface area contributed by atoms with Crippen molar-refractivity contribution in [3.63, 3.8) is 0 Å². The molecular formula is C14H14BrN5O3. The van der Waals surface area contributed by atoms with E-state index in [0.717, 1.165) is 5.69 Å². The smallest absolute Gasteiger partial charge is 0.322 e. The van der Waals surface area contributed by atoms with Crippen molar-refractivity contribution in [1.82, 2.24) is 20.0 Å². The zero-order valence-electron chi connectivity index (χ0n) is 12.1. The molecule has 0 unspecified atom stereocenters. The van der Waals surface area contributed by atoms with Crippen LogP contribution in [0.3, 0.4) is 0 Å². The van der Waals surface area contributed by atoms with E-state index in [1.54, 1.807) is 28.1 Å². The molecule has 2 fully saturated rings. The number of carbonyl (C=O) groups excluding carboxylic acids is 2. The molecule has 0 saturated carbocycles. The molecular weight excluding hydrogens is 366 g/mol. The van der Waals surface area contributed by atoms with Crippen molar-refractivity contribution in [1.29, 1.82) is 0 Å². The number of nitrogens with zero attached hydrogens (tertiary/aromatic N) is 4. The number of carbonyl (C=O) groups is 2. The minimum Gasteiger partial charge on any atom is -0.444 e. The van der Waals surface area contributed by atoms with E-state index >= 15 is 0 Å². The Bertz CT molecular complexity index is 764. The Morgan fingerprint density at radius 1 is 1.39 bits per heavy atom. The maximum atomic E-state index is 12.2. The molecule has 4 rings (SSSR count). The summed E-state index contributed by atoms with van der Waals surface area (Å²) in [5.74, 6) is 0.198. The van der Waals surface area contributed by atoms with Gasteiger partial charge in [0.2, 0.25) is 0 Å². The van der Waals surface area contributed by atoms with Crippen molar-refractivity contribution in [3.8, 4) is 0 Å². The van der Waals surface area contributed by atoms with Crippen LogP contribution in [0, 0.1) is 0 Å². The SMILES string of the molecule is O=C(c1ccc(Br)o1)N1CC(n2cc(N3CCNC3=O)cn2)C1. The van der Waals surface area contributed by atoms with Crippen LogP contribution in [-0.2, 0) is 0 Å². The molecule has 2 aliphatic rings. The molecule has 0 aromatic carbocycles. The van der Waals surface area contributed by atoms with Gasteiger partial charge < -0.3 is 14.6 Å². The number of hydrogen-bond acceptors (Lipinski definition) is 4. The second-order valence-corrected chi connectivity index (χ2v) is 6.31. The Hall–Kier alpha value is -2.29. The summed E-state index contributed by atoms with van der Waals surface area (Å²) in [5, 5.41) is 7.07. The number of hydrogen-bond donors (Lipinski definition) is 1. The minimum atomic E-state index is -0.127. The second kappa shape index (κ2) is 5.41. The lowest BCUT2D eigenvalue weighted by atomic mass is 10.1. The van der Waals surface area contributed by atoms with Crippen LogP contribution < -0.4 is 10.2 Å². The Balaban J connectivity index is 1.39. The molecule has 0 atom stereocenters. The van der Waals surface area contributed by atoms with Gasteiger partial charge in [-0.15, -0.1) is 0 Å². The summed E-state index contributed by atoms with van der Waals surface area (Å²) < 4.78 is 7.63. The van der Waals surface area contributed by atoms with E-state index in [2.05, 4.69) is 26.3 Å². The van der Waals surface area contributed by atoms with Crippen LogP contribution in [0.1, 0.15) is 16.6 Å². The standard InChI is InChI=1S/C14H14BrN5O3/c15-12-2-1-11(23-12)13(21)18-6-10(7-18)20-8-9(5-17-20)19-4-3-16-14(19)22/h1-2,5,8,10H,3-4,6-7H2,(H,16,22). The Morgan fingerprint density at radius 3 is 2.87 bits per heavy atom. The lowest BCUT2D eigenvalue weighted by molar-refractivity contribution is 0.0468. The average Bonchev–Trinajstić information content (AvgIpc) is 3.18. The maximum Gasteiger partial charge on any atom is 0.322 e. The molecule has 23 heavy (non-hydrogen) atoms. The lowest BCUT2D eigenvalue weighted by Gasteiger charge is -2.38. The Labute approximate surface area is 140 Å². The molecule has 2 aromatic rings. The lowest BCUT2D eigenvalue weighted by Crippen LogP contribution is -2.50. The minimum absolute atomic E-state index is 0.0987. The molecule has 120 valence electrons. The van der Waals surface area contributed by atoms with Gasteiger partial charge >= 0.3 is 6.03 Å². The number of furan rings is 1. The van der Waals surface area contributed by atoms with Gasteiger partial charge in [0.25, 0.3) is 5.91 Å². The van der Waals surface area contributed by atoms with E-state index in [1.165, 1.54) is 0 Å². The van der Waals surface area contributed by atoms with Crippen molar-refractivity contribution in [2.45, 2.75) is 6.04 Å². The zero-order chi connectivity index (χ0) is 16.0. The van der Waals surface area contributed by atoms with Crippen molar-refractivity contribution >= 4 is 33.6 Å². The molecule has 2 saturated heterocycles. The molecule has 0 radical (unpaired) electrons. The molecule has 2 aromatic heterocycles. The number of aromatic nitrogens is 2. The van der Waals surface area contributed by atoms with Gasteiger partial charge in [-0.2, -0.15) is 5.10 Å². The van der Waals surface area contributed by atoms with Gasteiger partial charge in [-0.05, 0) is 28.1 Å². The molecule has 9 heteroatoms. The molecule has 3 amide bonds. The fourth-order valence-corrected chi connectivity index (χ4v) is 3.07. The third-order valence-corrected chi connectivity index (χ3v) is 4.49. The van der Waals surface area contributed by atoms with Crippen molar-refractivity contribution in [2.24, 2.45) is 0 Å². The van der Waals surface area contributed by atoms with Gasteiger partial charge in [0.15, 0.2) is 10.4 Å². The molecule has 1 N–H and O–H groups in total. The summed E-state index contributed by atoms with van der Waals surface area (Å²) in [6.45, 7) is 2.44. The first kappa shape index (κ1) is 14.3. The Kier molecular flexibility index (Phi) is 3.37. The van der Waals surface area contributed by atoms with Crippen LogP contribution in [0.2, 0.25) is 0 Å². The summed E-state index contributed by atoms with van der Waals surface area (Å²) >= 11 is 3.19. The van der Waals surface area contributed by atoms with E-state index in [0.29, 0.717) is 36.6 Å². The molecule has 0 spiro atoms. The number of amides is 3. The third-order valence-electron chi connectivity index (χ3n) is 4.06. The number of halogens is 1. The molecule has 2 aliphatic heterocycles. The van der Waals surface area contributed by atoms with E-state index in [1.807, 2.05) is 10.9 Å². The molecule has 0 aliphatic carbocycles. The number of urea groups is 1. The highest BCUT2D eigenvalue weighted by Crippen LogP contribution is 2.26. The number of rotatable bonds is 3. The first-order valence-electron chi connectivity index (χ1n) is 7.26. The molecule has 0 bridgehead atoms. The van der Waals surface area contributed by atoms with E-state index in [-0.39, 0.29) is 18.0 Å². The summed E-state index contributed by atoms with van der Waals surface area (Å²) in [5.41, 5.74) is 0.778. The van der Waals surface area contributed by atoms with Crippen molar-refractivity contribution < 1.29 is 14.0 Å². The second-order valence-electron chi connectivity index (χ2n) is 5.53. The van der Waals surface area contributed by atoms with Gasteiger partial charge in [0, 0.05) is 32.4 Å². The summed E-state index contributed by atoms with van der Waals surface area (Å²) in [7, 11) is 0. The topological polar surface area (TPSA) is 83.6 Å². The average molecular weight is 380 g/mol. The van der Waals surface area contributed by atoms with Crippen LogP contribution in [0.5, 0.6) is 0 Å². The van der Waals surface area contributed by atoms with E-state index < -0.39 is 0 Å². The van der Waals surface area contributed by atoms with Gasteiger partial charge in [0.05, 0.1) is 17.9 Å². The maximum absolute atomic E-state index is 12.2. The normalized spacial score (nSPS) is 18.2. The van der Waals surface area contributed by atoms with Crippen LogP contribution in [0.25, 0.3) is 0 Å². The predicted octanol–water partition coefficient (Wildman–Crippen LogP) is 1.47. The molecule has 8 nitrogen and oxygen atoms in total. The number of nitrogens with one attached hydrogen (secondary N) is 1. The monoisotopic (exact) mass is 379 g/mol. The highest BCUT2D eigenvalue weighted by molar-refractivity contribution is 9.10. The summed E-state index contributed by atoms with van der Waals surface area (Å²) in [6, 6.07) is 3.37. The number of anilines is 1. The summed E-state index contributed by atoms with van der Waals surface area (Å²) in [6.07, 6.45) is 3.53. The van der Waals surface area contributed by atoms with E-state index in [9.17, 15) is 9.59 Å². The van der Waals surface area contributed by atoms with E-state index in [4.69, 9.17) is 4.42 Å². The first-order valence-corrected chi connectivity index (χ1v) is 8.05. The highest BCUT2D eigenvalue weighted by Gasteiger charge is 2.34. The van der Waals surface area contributed by atoms with Crippen molar-refractivity contribution in [2.75, 3.05) is 31.1 Å².